The average Bonchev–Trinajstić information content (AvgIpc) is 2.86. The van der Waals surface area contributed by atoms with Crippen molar-refractivity contribution >= 4 is 52.2 Å². The third kappa shape index (κ3) is 5.97. The summed E-state index contributed by atoms with van der Waals surface area (Å²) in [5.74, 6) is -1.84. The van der Waals surface area contributed by atoms with E-state index in [4.69, 9.17) is 17.3 Å². The van der Waals surface area contributed by atoms with Crippen molar-refractivity contribution in [1.82, 2.24) is 10.2 Å². The van der Waals surface area contributed by atoms with Crippen LogP contribution in [0.3, 0.4) is 0 Å². The highest BCUT2D eigenvalue weighted by Gasteiger charge is 2.32. The lowest BCUT2D eigenvalue weighted by Crippen LogP contribution is -2.33. The number of hydrogen-bond acceptors (Lipinski definition) is 7. The molecule has 1 aromatic rings. The number of rotatable bonds is 8. The predicted octanol–water partition coefficient (Wildman–Crippen LogP) is 1.67. The molecule has 0 aromatic heterocycles. The van der Waals surface area contributed by atoms with E-state index < -0.39 is 5.97 Å². The molecule has 1 heterocycles. The molecular weight excluding hydrogens is 392 g/mol. The van der Waals surface area contributed by atoms with Crippen molar-refractivity contribution in [2.45, 2.75) is 19.3 Å². The number of thiocarbonyl (C=S) groups is 1. The molecule has 0 radical (unpaired) electrons. The Morgan fingerprint density at radius 1 is 1.26 bits per heavy atom. The number of thioether (sulfide) groups is 1. The number of nitrogens with one attached hydrogen (secondary N) is 1. The number of carbonyl (C=O) groups is 3. The molecule has 4 N–H and O–H groups in total. The van der Waals surface area contributed by atoms with Gasteiger partial charge in [0, 0.05) is 37.6 Å². The summed E-state index contributed by atoms with van der Waals surface area (Å²) in [5.41, 5.74) is 0.365. The summed E-state index contributed by atoms with van der Waals surface area (Å²) >= 11 is 6.24. The van der Waals surface area contributed by atoms with Crippen LogP contribution in [0.2, 0.25) is 0 Å². The number of phenols is 2. The minimum atomic E-state index is -0.923. The van der Waals surface area contributed by atoms with Crippen LogP contribution >= 0.6 is 24.0 Å². The first kappa shape index (κ1) is 20.7. The first-order valence-corrected chi connectivity index (χ1v) is 9.26. The highest BCUT2D eigenvalue weighted by molar-refractivity contribution is 8.26. The fraction of sp³-hybridized carbons (Fsp3) is 0.294. The number of carbonyl (C=O) groups excluding carboxylic acids is 2. The zero-order valence-electron chi connectivity index (χ0n) is 14.2. The SMILES string of the molecule is O=C(O)CCCNC(=O)CCN1C(=O)/C(=C/c2ccc(O)cc2O)SC1=S. The van der Waals surface area contributed by atoms with Gasteiger partial charge in [0.2, 0.25) is 5.91 Å². The van der Waals surface area contributed by atoms with Crippen LogP contribution in [0, 0.1) is 0 Å². The first-order chi connectivity index (χ1) is 12.8. The van der Waals surface area contributed by atoms with Crippen LogP contribution in [0.4, 0.5) is 0 Å². The molecule has 0 unspecified atom stereocenters. The zero-order valence-corrected chi connectivity index (χ0v) is 15.8. The van der Waals surface area contributed by atoms with E-state index in [1.165, 1.54) is 29.2 Å². The van der Waals surface area contributed by atoms with E-state index in [1.807, 2.05) is 0 Å². The summed E-state index contributed by atoms with van der Waals surface area (Å²) in [6.07, 6.45) is 1.82. The lowest BCUT2D eigenvalue weighted by molar-refractivity contribution is -0.137. The second-order valence-corrected chi connectivity index (χ2v) is 7.35. The number of carboxylic acid groups (broad SMARTS) is 1. The maximum absolute atomic E-state index is 12.5. The summed E-state index contributed by atoms with van der Waals surface area (Å²) in [4.78, 5) is 36.3. The number of hydrogen-bond donors (Lipinski definition) is 4. The van der Waals surface area contributed by atoms with Crippen LogP contribution in [0.25, 0.3) is 6.08 Å². The Hall–Kier alpha value is -2.59. The third-order valence-electron chi connectivity index (χ3n) is 3.63. The molecule has 0 aliphatic carbocycles. The van der Waals surface area contributed by atoms with Gasteiger partial charge in [-0.1, -0.05) is 24.0 Å². The summed E-state index contributed by atoms with van der Waals surface area (Å²) in [7, 11) is 0. The molecule has 0 atom stereocenters. The summed E-state index contributed by atoms with van der Waals surface area (Å²) in [6, 6.07) is 4.03. The number of benzene rings is 1. The van der Waals surface area contributed by atoms with Gasteiger partial charge >= 0.3 is 5.97 Å². The van der Waals surface area contributed by atoms with Crippen molar-refractivity contribution in [2.24, 2.45) is 0 Å². The number of amides is 2. The summed E-state index contributed by atoms with van der Waals surface area (Å²) in [6.45, 7) is 0.359. The average molecular weight is 410 g/mol. The van der Waals surface area contributed by atoms with Gasteiger partial charge in [-0.05, 0) is 24.6 Å². The largest absolute Gasteiger partial charge is 0.508 e. The van der Waals surface area contributed by atoms with Crippen molar-refractivity contribution < 1.29 is 29.7 Å². The Kier molecular flexibility index (Phi) is 7.19. The molecule has 10 heteroatoms. The quantitative estimate of drug-likeness (QED) is 0.290. The van der Waals surface area contributed by atoms with Crippen LogP contribution in [0.1, 0.15) is 24.8 Å². The topological polar surface area (TPSA) is 127 Å². The molecule has 8 nitrogen and oxygen atoms in total. The van der Waals surface area contributed by atoms with Crippen molar-refractivity contribution in [3.05, 3.63) is 28.7 Å². The molecule has 0 bridgehead atoms. The van der Waals surface area contributed by atoms with Crippen LogP contribution in [0.5, 0.6) is 11.5 Å². The molecule has 2 amide bonds. The normalized spacial score (nSPS) is 15.4. The minimum absolute atomic E-state index is 0.0239. The molecule has 0 spiro atoms. The monoisotopic (exact) mass is 410 g/mol. The molecule has 1 saturated heterocycles. The standard InChI is InChI=1S/C17H18N2O6S2/c20-11-4-3-10(12(21)9-11)8-13-16(25)19(17(26)27-13)7-5-14(22)18-6-1-2-15(23)24/h3-4,8-9,20-21H,1-2,5-7H2,(H,18,22)(H,23,24)/b13-8-. The highest BCUT2D eigenvalue weighted by Crippen LogP contribution is 2.34. The minimum Gasteiger partial charge on any atom is -0.508 e. The van der Waals surface area contributed by atoms with E-state index >= 15 is 0 Å². The Balaban J connectivity index is 1.91. The van der Waals surface area contributed by atoms with Crippen LogP contribution < -0.4 is 5.32 Å². The Morgan fingerprint density at radius 3 is 2.67 bits per heavy atom. The van der Waals surface area contributed by atoms with Crippen LogP contribution in [-0.4, -0.2) is 55.4 Å². The second kappa shape index (κ2) is 9.38. The van der Waals surface area contributed by atoms with E-state index in [-0.39, 0.29) is 49.2 Å². The smallest absolute Gasteiger partial charge is 0.303 e. The fourth-order valence-corrected chi connectivity index (χ4v) is 3.56. The van der Waals surface area contributed by atoms with Crippen molar-refractivity contribution in [2.75, 3.05) is 13.1 Å². The Labute approximate surface area is 164 Å². The van der Waals surface area contributed by atoms with Gasteiger partial charge in [0.05, 0.1) is 4.91 Å². The predicted molar refractivity (Wildman–Crippen MR) is 104 cm³/mol. The Morgan fingerprint density at radius 2 is 2.00 bits per heavy atom. The van der Waals surface area contributed by atoms with Crippen molar-refractivity contribution in [3.63, 3.8) is 0 Å². The molecular formula is C17H18N2O6S2. The fourth-order valence-electron chi connectivity index (χ4n) is 2.26. The first-order valence-electron chi connectivity index (χ1n) is 8.04. The van der Waals surface area contributed by atoms with Crippen LogP contribution in [-0.2, 0) is 14.4 Å². The van der Waals surface area contributed by atoms with E-state index in [0.717, 1.165) is 11.8 Å². The summed E-state index contributed by atoms with van der Waals surface area (Å²) in [5, 5.41) is 30.3. The van der Waals surface area contributed by atoms with E-state index in [1.54, 1.807) is 0 Å². The molecule has 1 aromatic carbocycles. The van der Waals surface area contributed by atoms with Gasteiger partial charge in [0.25, 0.3) is 5.91 Å². The number of nitrogens with zero attached hydrogens (tertiary/aromatic N) is 1. The van der Waals surface area contributed by atoms with Gasteiger partial charge in [-0.15, -0.1) is 0 Å². The molecule has 1 aliphatic heterocycles. The maximum Gasteiger partial charge on any atom is 0.303 e. The molecule has 27 heavy (non-hydrogen) atoms. The lowest BCUT2D eigenvalue weighted by atomic mass is 10.1. The van der Waals surface area contributed by atoms with E-state index in [0.29, 0.717) is 21.2 Å². The molecule has 1 fully saturated rings. The third-order valence-corrected chi connectivity index (χ3v) is 5.00. The van der Waals surface area contributed by atoms with E-state index in [9.17, 15) is 24.6 Å². The van der Waals surface area contributed by atoms with Gasteiger partial charge in [-0.25, -0.2) is 0 Å². The number of aromatic hydroxyl groups is 2. The number of carboxylic acids is 1. The Bertz CT molecular complexity index is 809. The zero-order chi connectivity index (χ0) is 20.0. The van der Waals surface area contributed by atoms with Gasteiger partial charge < -0.3 is 20.6 Å². The molecule has 0 saturated carbocycles. The van der Waals surface area contributed by atoms with Crippen LogP contribution in [0.15, 0.2) is 23.1 Å². The highest BCUT2D eigenvalue weighted by atomic mass is 32.2. The number of phenolic OH excluding ortho intramolecular Hbond substituents is 2. The molecule has 1 aliphatic rings. The van der Waals surface area contributed by atoms with E-state index in [2.05, 4.69) is 5.32 Å². The van der Waals surface area contributed by atoms with Gasteiger partial charge in [-0.2, -0.15) is 0 Å². The van der Waals surface area contributed by atoms with Gasteiger partial charge in [0.15, 0.2) is 0 Å². The number of aliphatic carboxylic acids is 1. The van der Waals surface area contributed by atoms with Gasteiger partial charge in [-0.3, -0.25) is 19.3 Å². The summed E-state index contributed by atoms with van der Waals surface area (Å²) < 4.78 is 0.309. The molecule has 144 valence electrons. The van der Waals surface area contributed by atoms with Crippen molar-refractivity contribution in [3.8, 4) is 11.5 Å². The second-order valence-electron chi connectivity index (χ2n) is 5.67. The van der Waals surface area contributed by atoms with Crippen molar-refractivity contribution in [1.29, 1.82) is 0 Å². The van der Waals surface area contributed by atoms with Gasteiger partial charge in [0.1, 0.15) is 15.8 Å². The molecule has 2 rings (SSSR count). The maximum atomic E-state index is 12.5. The lowest BCUT2D eigenvalue weighted by Gasteiger charge is -2.14.